The Labute approximate surface area is 111 Å². The summed E-state index contributed by atoms with van der Waals surface area (Å²) in [5.74, 6) is -1.32. The number of aliphatic carboxylic acids is 1. The van der Waals surface area contributed by atoms with E-state index in [1.807, 2.05) is 30.3 Å². The van der Waals surface area contributed by atoms with Crippen molar-refractivity contribution in [3.63, 3.8) is 0 Å². The monoisotopic (exact) mass is 263 g/mol. The number of rotatable bonds is 4. The topological polar surface area (TPSA) is 95.7 Å². The van der Waals surface area contributed by atoms with E-state index in [1.54, 1.807) is 0 Å². The van der Waals surface area contributed by atoms with E-state index in [0.717, 1.165) is 5.69 Å². The predicted molar refractivity (Wildman–Crippen MR) is 70.7 cm³/mol. The van der Waals surface area contributed by atoms with Crippen LogP contribution < -0.4 is 11.1 Å². The molecule has 1 aliphatic rings. The van der Waals surface area contributed by atoms with Gasteiger partial charge in [0.1, 0.15) is 6.04 Å². The molecule has 2 unspecified atom stereocenters. The minimum Gasteiger partial charge on any atom is -0.480 e. The molecule has 1 aromatic carbocycles. The van der Waals surface area contributed by atoms with Gasteiger partial charge in [-0.2, -0.15) is 0 Å². The molecule has 1 heterocycles. The van der Waals surface area contributed by atoms with Gasteiger partial charge in [-0.25, -0.2) is 4.79 Å². The molecular formula is C13H17N3O3. The van der Waals surface area contributed by atoms with E-state index in [2.05, 4.69) is 5.32 Å². The van der Waals surface area contributed by atoms with E-state index >= 15 is 0 Å². The Morgan fingerprint density at radius 1 is 1.37 bits per heavy atom. The lowest BCUT2D eigenvalue weighted by molar-refractivity contribution is -0.147. The first kappa shape index (κ1) is 13.4. The third-order valence-corrected chi connectivity index (χ3v) is 3.23. The standard InChI is InChI=1S/C13H17N3O3/c14-7-12(17)16-8-10(6-11(16)13(18)19)15-9-4-2-1-3-5-9/h1-5,10-11,15H,6-8,14H2,(H,18,19). The fourth-order valence-electron chi connectivity index (χ4n) is 2.34. The molecule has 1 fully saturated rings. The number of carboxylic acid groups (broad SMARTS) is 1. The van der Waals surface area contributed by atoms with Gasteiger partial charge in [-0.1, -0.05) is 18.2 Å². The van der Waals surface area contributed by atoms with E-state index in [1.165, 1.54) is 4.90 Å². The normalized spacial score (nSPS) is 22.3. The molecule has 19 heavy (non-hydrogen) atoms. The molecule has 0 aromatic heterocycles. The zero-order valence-electron chi connectivity index (χ0n) is 10.5. The van der Waals surface area contributed by atoms with Gasteiger partial charge in [0.2, 0.25) is 5.91 Å². The van der Waals surface area contributed by atoms with Crippen molar-refractivity contribution in [2.24, 2.45) is 5.73 Å². The zero-order valence-corrected chi connectivity index (χ0v) is 10.5. The second kappa shape index (κ2) is 5.71. The Kier molecular flexibility index (Phi) is 4.01. The molecule has 2 atom stereocenters. The van der Waals surface area contributed by atoms with Crippen LogP contribution in [0.1, 0.15) is 6.42 Å². The van der Waals surface area contributed by atoms with Crippen molar-refractivity contribution < 1.29 is 14.7 Å². The highest BCUT2D eigenvalue weighted by Crippen LogP contribution is 2.21. The SMILES string of the molecule is NCC(=O)N1CC(Nc2ccccc2)CC1C(=O)O. The molecule has 1 saturated heterocycles. The Bertz CT molecular complexity index is 463. The smallest absolute Gasteiger partial charge is 0.326 e. The molecule has 6 nitrogen and oxygen atoms in total. The van der Waals surface area contributed by atoms with Crippen molar-refractivity contribution in [1.82, 2.24) is 4.90 Å². The first-order valence-corrected chi connectivity index (χ1v) is 6.15. The van der Waals surface area contributed by atoms with Gasteiger partial charge in [-0.05, 0) is 12.1 Å². The number of carboxylic acids is 1. The highest BCUT2D eigenvalue weighted by atomic mass is 16.4. The van der Waals surface area contributed by atoms with E-state index in [9.17, 15) is 9.59 Å². The van der Waals surface area contributed by atoms with Crippen molar-refractivity contribution in [1.29, 1.82) is 0 Å². The summed E-state index contributed by atoms with van der Waals surface area (Å²) in [6.45, 7) is 0.198. The Hall–Kier alpha value is -2.08. The number of anilines is 1. The highest BCUT2D eigenvalue weighted by Gasteiger charge is 2.39. The predicted octanol–water partition coefficient (Wildman–Crippen LogP) is 0.111. The quantitative estimate of drug-likeness (QED) is 0.716. The number of nitrogens with one attached hydrogen (secondary N) is 1. The lowest BCUT2D eigenvalue weighted by atomic mass is 10.1. The summed E-state index contributed by atoms with van der Waals surface area (Å²) in [5.41, 5.74) is 6.22. The van der Waals surface area contributed by atoms with Gasteiger partial charge in [0.15, 0.2) is 0 Å². The van der Waals surface area contributed by atoms with Crippen LogP contribution in [0.5, 0.6) is 0 Å². The molecule has 1 amide bonds. The van der Waals surface area contributed by atoms with Gasteiger partial charge in [-0.15, -0.1) is 0 Å². The molecule has 4 N–H and O–H groups in total. The molecule has 6 heteroatoms. The Morgan fingerprint density at radius 2 is 2.05 bits per heavy atom. The molecule has 0 bridgehead atoms. The van der Waals surface area contributed by atoms with Crippen LogP contribution in [0.25, 0.3) is 0 Å². The molecule has 102 valence electrons. The lowest BCUT2D eigenvalue weighted by Crippen LogP contribution is -2.43. The van der Waals surface area contributed by atoms with Crippen LogP contribution in [0.3, 0.4) is 0 Å². The summed E-state index contributed by atoms with van der Waals surface area (Å²) < 4.78 is 0. The molecule has 0 radical (unpaired) electrons. The number of amides is 1. The maximum absolute atomic E-state index is 11.6. The number of nitrogens with zero attached hydrogens (tertiary/aromatic N) is 1. The van der Waals surface area contributed by atoms with Crippen molar-refractivity contribution in [2.75, 3.05) is 18.4 Å². The number of nitrogens with two attached hydrogens (primary N) is 1. The van der Waals surface area contributed by atoms with Gasteiger partial charge in [-0.3, -0.25) is 4.79 Å². The summed E-state index contributed by atoms with van der Waals surface area (Å²) >= 11 is 0. The van der Waals surface area contributed by atoms with Gasteiger partial charge >= 0.3 is 5.97 Å². The number of likely N-dealkylation sites (tertiary alicyclic amines) is 1. The molecule has 1 aromatic rings. The fraction of sp³-hybridized carbons (Fsp3) is 0.385. The summed E-state index contributed by atoms with van der Waals surface area (Å²) in [5, 5.41) is 12.4. The maximum Gasteiger partial charge on any atom is 0.326 e. The summed E-state index contributed by atoms with van der Waals surface area (Å²) in [6, 6.07) is 8.65. The first-order valence-electron chi connectivity index (χ1n) is 6.15. The summed E-state index contributed by atoms with van der Waals surface area (Å²) in [7, 11) is 0. The minimum absolute atomic E-state index is 0.0704. The van der Waals surface area contributed by atoms with Crippen molar-refractivity contribution in [2.45, 2.75) is 18.5 Å². The fourth-order valence-corrected chi connectivity index (χ4v) is 2.34. The van der Waals surface area contributed by atoms with E-state index < -0.39 is 12.0 Å². The van der Waals surface area contributed by atoms with Crippen LogP contribution in [-0.2, 0) is 9.59 Å². The summed E-state index contributed by atoms with van der Waals surface area (Å²) in [6.07, 6.45) is 0.385. The van der Waals surface area contributed by atoms with Crippen molar-refractivity contribution in [3.05, 3.63) is 30.3 Å². The van der Waals surface area contributed by atoms with Crippen LogP contribution in [-0.4, -0.2) is 47.1 Å². The van der Waals surface area contributed by atoms with Gasteiger partial charge in [0.05, 0.1) is 6.54 Å². The van der Waals surface area contributed by atoms with E-state index in [-0.39, 0.29) is 18.5 Å². The molecule has 0 saturated carbocycles. The Morgan fingerprint density at radius 3 is 2.63 bits per heavy atom. The number of para-hydroxylation sites is 1. The van der Waals surface area contributed by atoms with Crippen molar-refractivity contribution >= 4 is 17.6 Å². The van der Waals surface area contributed by atoms with Gasteiger partial charge < -0.3 is 21.1 Å². The van der Waals surface area contributed by atoms with Crippen LogP contribution in [0.4, 0.5) is 5.69 Å². The van der Waals surface area contributed by atoms with Gasteiger partial charge in [0.25, 0.3) is 0 Å². The molecule has 0 aliphatic carbocycles. The summed E-state index contributed by atoms with van der Waals surface area (Å²) in [4.78, 5) is 24.1. The third kappa shape index (κ3) is 3.03. The third-order valence-electron chi connectivity index (χ3n) is 3.23. The second-order valence-corrected chi connectivity index (χ2v) is 4.55. The average molecular weight is 263 g/mol. The largest absolute Gasteiger partial charge is 0.480 e. The average Bonchev–Trinajstić information content (AvgIpc) is 2.83. The van der Waals surface area contributed by atoms with Crippen LogP contribution in [0, 0.1) is 0 Å². The van der Waals surface area contributed by atoms with Gasteiger partial charge in [0, 0.05) is 24.7 Å². The minimum atomic E-state index is -0.987. The second-order valence-electron chi connectivity index (χ2n) is 4.55. The van der Waals surface area contributed by atoms with Crippen LogP contribution in [0.15, 0.2) is 30.3 Å². The van der Waals surface area contributed by atoms with Crippen molar-refractivity contribution in [3.8, 4) is 0 Å². The van der Waals surface area contributed by atoms with Crippen LogP contribution >= 0.6 is 0 Å². The Balaban J connectivity index is 2.05. The molecule has 0 spiro atoms. The molecule has 1 aliphatic heterocycles. The molecular weight excluding hydrogens is 246 g/mol. The number of carbonyl (C=O) groups excluding carboxylic acids is 1. The lowest BCUT2D eigenvalue weighted by Gasteiger charge is -2.20. The maximum atomic E-state index is 11.6. The number of hydrogen-bond acceptors (Lipinski definition) is 4. The van der Waals surface area contributed by atoms with E-state index in [0.29, 0.717) is 13.0 Å². The van der Waals surface area contributed by atoms with E-state index in [4.69, 9.17) is 10.8 Å². The first-order chi connectivity index (χ1) is 9.11. The number of hydrogen-bond donors (Lipinski definition) is 3. The number of benzene rings is 1. The zero-order chi connectivity index (χ0) is 13.8. The highest BCUT2D eigenvalue weighted by molar-refractivity contribution is 5.85. The molecule has 2 rings (SSSR count). The number of carbonyl (C=O) groups is 2. The van der Waals surface area contributed by atoms with Crippen LogP contribution in [0.2, 0.25) is 0 Å².